The van der Waals surface area contributed by atoms with Crippen molar-refractivity contribution in [2.75, 3.05) is 6.54 Å². The lowest BCUT2D eigenvalue weighted by atomic mass is 10.0. The first-order chi connectivity index (χ1) is 7.66. The van der Waals surface area contributed by atoms with Gasteiger partial charge in [0.05, 0.1) is 0 Å². The summed E-state index contributed by atoms with van der Waals surface area (Å²) in [5.74, 6) is -0.0541. The molecule has 2 rings (SSSR count). The number of hydrogen-bond donors (Lipinski definition) is 3. The molecule has 1 aliphatic carbocycles. The summed E-state index contributed by atoms with van der Waals surface area (Å²) < 4.78 is 0. The summed E-state index contributed by atoms with van der Waals surface area (Å²) in [5, 5.41) is 5.58. The van der Waals surface area contributed by atoms with Gasteiger partial charge in [-0.1, -0.05) is 0 Å². The molecular weight excluding hydrogens is 206 g/mol. The maximum atomic E-state index is 11.9. The summed E-state index contributed by atoms with van der Waals surface area (Å²) in [6.45, 7) is 0.722. The Morgan fingerprint density at radius 1 is 1.38 bits per heavy atom. The van der Waals surface area contributed by atoms with Crippen LogP contribution in [0.15, 0.2) is 0 Å². The minimum Gasteiger partial charge on any atom is -0.354 e. The van der Waals surface area contributed by atoms with E-state index in [1.54, 1.807) is 0 Å². The van der Waals surface area contributed by atoms with Gasteiger partial charge in [-0.05, 0) is 32.1 Å². The number of carbonyl (C=O) groups is 2. The highest BCUT2D eigenvalue weighted by atomic mass is 16.2. The lowest BCUT2D eigenvalue weighted by molar-refractivity contribution is -0.132. The Labute approximate surface area is 95.1 Å². The average molecular weight is 225 g/mol. The maximum absolute atomic E-state index is 11.9. The van der Waals surface area contributed by atoms with E-state index in [-0.39, 0.29) is 29.8 Å². The van der Waals surface area contributed by atoms with E-state index in [2.05, 4.69) is 10.6 Å². The van der Waals surface area contributed by atoms with Crippen LogP contribution in [0.2, 0.25) is 0 Å². The standard InChI is InChI=1S/C11H19N3O2/c12-8-4-3-7(6-8)10(15)14-9-2-1-5-13-11(9)16/h7-9H,1-6,12H2,(H,13,16)(H,14,15). The highest BCUT2D eigenvalue weighted by molar-refractivity contribution is 5.89. The fraction of sp³-hybridized carbons (Fsp3) is 0.818. The first kappa shape index (κ1) is 11.4. The van der Waals surface area contributed by atoms with Gasteiger partial charge in [0.2, 0.25) is 11.8 Å². The van der Waals surface area contributed by atoms with Gasteiger partial charge in [-0.15, -0.1) is 0 Å². The summed E-state index contributed by atoms with van der Waals surface area (Å²) in [7, 11) is 0. The molecule has 4 N–H and O–H groups in total. The molecule has 0 radical (unpaired) electrons. The molecule has 3 atom stereocenters. The summed E-state index contributed by atoms with van der Waals surface area (Å²) in [5.41, 5.74) is 5.76. The quantitative estimate of drug-likeness (QED) is 0.593. The van der Waals surface area contributed by atoms with Crippen molar-refractivity contribution in [2.24, 2.45) is 11.7 Å². The van der Waals surface area contributed by atoms with Crippen molar-refractivity contribution in [3.8, 4) is 0 Å². The highest BCUT2D eigenvalue weighted by Gasteiger charge is 2.31. The van der Waals surface area contributed by atoms with Crippen molar-refractivity contribution in [1.82, 2.24) is 10.6 Å². The van der Waals surface area contributed by atoms with Gasteiger partial charge in [0.25, 0.3) is 0 Å². The molecule has 2 amide bonds. The third-order valence-corrected chi connectivity index (χ3v) is 3.45. The van der Waals surface area contributed by atoms with Crippen LogP contribution in [0.5, 0.6) is 0 Å². The number of amides is 2. The van der Waals surface area contributed by atoms with Crippen molar-refractivity contribution in [3.63, 3.8) is 0 Å². The van der Waals surface area contributed by atoms with E-state index in [9.17, 15) is 9.59 Å². The fourth-order valence-corrected chi connectivity index (χ4v) is 2.45. The average Bonchev–Trinajstić information content (AvgIpc) is 2.68. The number of piperidine rings is 1. The van der Waals surface area contributed by atoms with E-state index < -0.39 is 0 Å². The van der Waals surface area contributed by atoms with Crippen LogP contribution in [0.25, 0.3) is 0 Å². The first-order valence-electron chi connectivity index (χ1n) is 6.00. The Morgan fingerprint density at radius 2 is 2.19 bits per heavy atom. The molecule has 1 heterocycles. The number of nitrogens with one attached hydrogen (secondary N) is 2. The Balaban J connectivity index is 1.84. The molecule has 90 valence electrons. The van der Waals surface area contributed by atoms with Gasteiger partial charge in [0.15, 0.2) is 0 Å². The molecule has 0 aromatic rings. The summed E-state index contributed by atoms with van der Waals surface area (Å²) in [4.78, 5) is 23.3. The zero-order valence-electron chi connectivity index (χ0n) is 9.37. The van der Waals surface area contributed by atoms with Crippen molar-refractivity contribution >= 4 is 11.8 Å². The fourth-order valence-electron chi connectivity index (χ4n) is 2.45. The van der Waals surface area contributed by atoms with Crippen LogP contribution in [0.4, 0.5) is 0 Å². The van der Waals surface area contributed by atoms with Gasteiger partial charge in [-0.3, -0.25) is 9.59 Å². The summed E-state index contributed by atoms with van der Waals surface area (Å²) in [6.07, 6.45) is 4.19. The Morgan fingerprint density at radius 3 is 2.81 bits per heavy atom. The van der Waals surface area contributed by atoms with Gasteiger partial charge in [-0.2, -0.15) is 0 Å². The summed E-state index contributed by atoms with van der Waals surface area (Å²) in [6, 6.07) is -0.186. The molecule has 5 nitrogen and oxygen atoms in total. The van der Waals surface area contributed by atoms with Crippen molar-refractivity contribution in [3.05, 3.63) is 0 Å². The highest BCUT2D eigenvalue weighted by Crippen LogP contribution is 2.24. The molecule has 0 spiro atoms. The molecule has 2 aliphatic rings. The molecule has 2 fully saturated rings. The SMILES string of the molecule is NC1CCC(C(=O)NC2CCCNC2=O)C1. The van der Waals surface area contributed by atoms with Crippen molar-refractivity contribution in [1.29, 1.82) is 0 Å². The van der Waals surface area contributed by atoms with Crippen molar-refractivity contribution in [2.45, 2.75) is 44.2 Å². The first-order valence-corrected chi connectivity index (χ1v) is 6.00. The van der Waals surface area contributed by atoms with Crippen LogP contribution < -0.4 is 16.4 Å². The molecule has 1 aliphatic heterocycles. The third-order valence-electron chi connectivity index (χ3n) is 3.45. The lowest BCUT2D eigenvalue weighted by Gasteiger charge is -2.24. The van der Waals surface area contributed by atoms with E-state index in [4.69, 9.17) is 5.73 Å². The maximum Gasteiger partial charge on any atom is 0.242 e. The van der Waals surface area contributed by atoms with Gasteiger partial charge in [0.1, 0.15) is 6.04 Å². The molecule has 16 heavy (non-hydrogen) atoms. The third kappa shape index (κ3) is 2.52. The lowest BCUT2D eigenvalue weighted by Crippen LogP contribution is -2.51. The molecule has 1 saturated heterocycles. The van der Waals surface area contributed by atoms with Crippen LogP contribution >= 0.6 is 0 Å². The minimum absolute atomic E-state index is 0.00438. The van der Waals surface area contributed by atoms with Crippen LogP contribution in [0.3, 0.4) is 0 Å². The number of rotatable bonds is 2. The minimum atomic E-state index is -0.335. The normalized spacial score (nSPS) is 34.6. The molecule has 5 heteroatoms. The smallest absolute Gasteiger partial charge is 0.242 e. The Kier molecular flexibility index (Phi) is 3.43. The van der Waals surface area contributed by atoms with Crippen molar-refractivity contribution < 1.29 is 9.59 Å². The number of hydrogen-bond acceptors (Lipinski definition) is 3. The van der Waals surface area contributed by atoms with Crippen LogP contribution in [0.1, 0.15) is 32.1 Å². The topological polar surface area (TPSA) is 84.2 Å². The summed E-state index contributed by atoms with van der Waals surface area (Å²) >= 11 is 0. The van der Waals surface area contributed by atoms with E-state index >= 15 is 0 Å². The van der Waals surface area contributed by atoms with Gasteiger partial charge in [-0.25, -0.2) is 0 Å². The van der Waals surface area contributed by atoms with Gasteiger partial charge >= 0.3 is 0 Å². The zero-order chi connectivity index (χ0) is 11.5. The molecule has 0 aromatic heterocycles. The molecule has 0 aromatic carbocycles. The van der Waals surface area contributed by atoms with Crippen LogP contribution in [-0.4, -0.2) is 30.4 Å². The molecule has 3 unspecified atom stereocenters. The molecule has 0 bridgehead atoms. The monoisotopic (exact) mass is 225 g/mol. The van der Waals surface area contributed by atoms with E-state index in [0.29, 0.717) is 0 Å². The predicted octanol–water partition coefficient (Wildman–Crippen LogP) is -0.491. The van der Waals surface area contributed by atoms with Gasteiger partial charge < -0.3 is 16.4 Å². The van der Waals surface area contributed by atoms with E-state index in [1.165, 1.54) is 0 Å². The Hall–Kier alpha value is -1.10. The van der Waals surface area contributed by atoms with Gasteiger partial charge in [0, 0.05) is 18.5 Å². The Bertz CT molecular complexity index is 293. The predicted molar refractivity (Wildman–Crippen MR) is 59.5 cm³/mol. The van der Waals surface area contributed by atoms with Crippen LogP contribution in [-0.2, 0) is 9.59 Å². The van der Waals surface area contributed by atoms with E-state index in [0.717, 1.165) is 38.6 Å². The second kappa shape index (κ2) is 4.82. The zero-order valence-corrected chi connectivity index (χ0v) is 9.37. The second-order valence-electron chi connectivity index (χ2n) is 4.76. The van der Waals surface area contributed by atoms with E-state index in [1.807, 2.05) is 0 Å². The second-order valence-corrected chi connectivity index (χ2v) is 4.76. The number of nitrogens with two attached hydrogens (primary N) is 1. The van der Waals surface area contributed by atoms with Crippen LogP contribution in [0, 0.1) is 5.92 Å². The molecular formula is C11H19N3O2. The molecule has 1 saturated carbocycles. The number of carbonyl (C=O) groups excluding carboxylic acids is 2. The largest absolute Gasteiger partial charge is 0.354 e.